The third kappa shape index (κ3) is 1.48. The summed E-state index contributed by atoms with van der Waals surface area (Å²) in [4.78, 5) is 13.2. The number of β-lactam (4-membered cyclic amide) rings is 1. The molecule has 2 heteroatoms. The molecule has 1 saturated heterocycles. The van der Waals surface area contributed by atoms with Gasteiger partial charge in [0.25, 0.3) is 5.91 Å². The molecule has 2 rings (SSSR count). The second kappa shape index (κ2) is 3.52. The summed E-state index contributed by atoms with van der Waals surface area (Å²) in [5.41, 5.74) is 4.49. The summed E-state index contributed by atoms with van der Waals surface area (Å²) in [6.07, 6.45) is 0. The Labute approximate surface area is 83.2 Å². The van der Waals surface area contributed by atoms with Gasteiger partial charge >= 0.3 is 0 Å². The molecule has 1 aliphatic heterocycles. The van der Waals surface area contributed by atoms with E-state index in [2.05, 4.69) is 12.3 Å². The Hall–Kier alpha value is -1.79. The monoisotopic (exact) mass is 185 g/mol. The first-order chi connectivity index (χ1) is 6.81. The highest BCUT2D eigenvalue weighted by Crippen LogP contribution is 2.18. The van der Waals surface area contributed by atoms with Gasteiger partial charge in [-0.15, -0.1) is 5.73 Å². The van der Waals surface area contributed by atoms with Crippen LogP contribution in [-0.4, -0.2) is 17.4 Å². The lowest BCUT2D eigenvalue weighted by molar-refractivity contribution is -0.133. The lowest BCUT2D eigenvalue weighted by Crippen LogP contribution is -2.44. The van der Waals surface area contributed by atoms with Crippen molar-refractivity contribution in [2.45, 2.75) is 6.54 Å². The van der Waals surface area contributed by atoms with Crippen molar-refractivity contribution < 1.29 is 4.79 Å². The first-order valence-electron chi connectivity index (χ1n) is 4.53. The van der Waals surface area contributed by atoms with Gasteiger partial charge in [0.2, 0.25) is 0 Å². The van der Waals surface area contributed by atoms with Crippen LogP contribution in [-0.2, 0) is 11.3 Å². The van der Waals surface area contributed by atoms with E-state index >= 15 is 0 Å². The van der Waals surface area contributed by atoms with Crippen molar-refractivity contribution in [3.63, 3.8) is 0 Å². The molecule has 0 spiro atoms. The fourth-order valence-corrected chi connectivity index (χ4v) is 1.49. The van der Waals surface area contributed by atoms with Crippen LogP contribution >= 0.6 is 0 Å². The van der Waals surface area contributed by atoms with E-state index in [1.54, 1.807) is 4.90 Å². The van der Waals surface area contributed by atoms with Crippen LogP contribution in [0.1, 0.15) is 5.56 Å². The molecule has 0 saturated carbocycles. The summed E-state index contributed by atoms with van der Waals surface area (Å²) < 4.78 is 0. The molecule has 0 radical (unpaired) electrons. The van der Waals surface area contributed by atoms with Crippen LogP contribution in [0.15, 0.2) is 48.2 Å². The Balaban J connectivity index is 2.02. The van der Waals surface area contributed by atoms with Gasteiger partial charge in [0.05, 0.1) is 12.1 Å². The van der Waals surface area contributed by atoms with E-state index in [1.807, 2.05) is 30.3 Å². The Bertz CT molecular complexity index is 402. The van der Waals surface area contributed by atoms with Gasteiger partial charge in [0.1, 0.15) is 0 Å². The molecule has 70 valence electrons. The fourth-order valence-electron chi connectivity index (χ4n) is 1.49. The van der Waals surface area contributed by atoms with Gasteiger partial charge in [0, 0.05) is 6.54 Å². The van der Waals surface area contributed by atoms with Gasteiger partial charge in [-0.1, -0.05) is 36.9 Å². The van der Waals surface area contributed by atoms with Crippen LogP contribution in [0.2, 0.25) is 0 Å². The van der Waals surface area contributed by atoms with E-state index in [1.165, 1.54) is 0 Å². The number of benzene rings is 1. The maximum atomic E-state index is 11.4. The fraction of sp³-hybridized carbons (Fsp3) is 0.167. The largest absolute Gasteiger partial charge is 0.329 e. The Morgan fingerprint density at radius 2 is 2.07 bits per heavy atom. The number of rotatable bonds is 2. The summed E-state index contributed by atoms with van der Waals surface area (Å²) in [6.45, 7) is 4.83. The van der Waals surface area contributed by atoms with E-state index in [-0.39, 0.29) is 5.91 Å². The molecule has 0 unspecified atom stereocenters. The average Bonchev–Trinajstić information content (AvgIpc) is 2.24. The molecule has 1 aromatic rings. The molecule has 1 heterocycles. The molecule has 0 atom stereocenters. The lowest BCUT2D eigenvalue weighted by Gasteiger charge is -2.32. The molecular weight excluding hydrogens is 174 g/mol. The molecule has 1 aromatic carbocycles. The van der Waals surface area contributed by atoms with Crippen molar-refractivity contribution >= 4 is 5.91 Å². The Morgan fingerprint density at radius 3 is 2.64 bits per heavy atom. The smallest absolute Gasteiger partial charge is 0.260 e. The van der Waals surface area contributed by atoms with Gasteiger partial charge < -0.3 is 4.90 Å². The van der Waals surface area contributed by atoms with Crippen molar-refractivity contribution in [3.05, 3.63) is 53.8 Å². The molecule has 1 aliphatic rings. The van der Waals surface area contributed by atoms with Crippen LogP contribution in [0.4, 0.5) is 0 Å². The molecule has 0 bridgehead atoms. The van der Waals surface area contributed by atoms with Crippen molar-refractivity contribution in [2.24, 2.45) is 0 Å². The first-order valence-corrected chi connectivity index (χ1v) is 4.53. The third-order valence-corrected chi connectivity index (χ3v) is 2.32. The summed E-state index contributed by atoms with van der Waals surface area (Å²) in [7, 11) is 0. The molecular formula is C12H11NO. The molecule has 2 nitrogen and oxygen atoms in total. The van der Waals surface area contributed by atoms with Crippen molar-refractivity contribution in [2.75, 3.05) is 6.54 Å². The van der Waals surface area contributed by atoms with Crippen molar-refractivity contribution in [3.8, 4) is 0 Å². The van der Waals surface area contributed by atoms with Crippen LogP contribution in [0.5, 0.6) is 0 Å². The predicted molar refractivity (Wildman–Crippen MR) is 54.5 cm³/mol. The van der Waals surface area contributed by atoms with Crippen LogP contribution in [0, 0.1) is 0 Å². The molecule has 1 amide bonds. The number of carbonyl (C=O) groups is 1. The van der Waals surface area contributed by atoms with Gasteiger partial charge in [-0.3, -0.25) is 4.79 Å². The van der Waals surface area contributed by atoms with Gasteiger partial charge in [-0.25, -0.2) is 0 Å². The topological polar surface area (TPSA) is 20.3 Å². The average molecular weight is 185 g/mol. The third-order valence-electron chi connectivity index (χ3n) is 2.32. The van der Waals surface area contributed by atoms with Gasteiger partial charge in [-0.05, 0) is 5.56 Å². The molecule has 0 N–H and O–H groups in total. The maximum absolute atomic E-state index is 11.4. The minimum absolute atomic E-state index is 0.0591. The quantitative estimate of drug-likeness (QED) is 0.390. The highest BCUT2D eigenvalue weighted by molar-refractivity contribution is 5.99. The standard InChI is InChI=1S/C12H11NO/c1-2-11-9-13(12(11)14)8-10-6-4-3-5-7-10/h3-7H,1,8-9H2. The Kier molecular flexibility index (Phi) is 2.21. The lowest BCUT2D eigenvalue weighted by atomic mass is 10.1. The summed E-state index contributed by atoms with van der Waals surface area (Å²) in [5.74, 6) is 0.0591. The highest BCUT2D eigenvalue weighted by Gasteiger charge is 2.29. The zero-order valence-electron chi connectivity index (χ0n) is 7.86. The zero-order chi connectivity index (χ0) is 9.97. The normalized spacial score (nSPS) is 15.0. The molecule has 14 heavy (non-hydrogen) atoms. The van der Waals surface area contributed by atoms with Crippen molar-refractivity contribution in [1.82, 2.24) is 4.90 Å². The predicted octanol–water partition coefficient (Wildman–Crippen LogP) is 1.74. The van der Waals surface area contributed by atoms with Crippen LogP contribution in [0.3, 0.4) is 0 Å². The summed E-state index contributed by atoms with van der Waals surface area (Å²) in [5, 5.41) is 0. The maximum Gasteiger partial charge on any atom is 0.260 e. The molecule has 1 fully saturated rings. The minimum Gasteiger partial charge on any atom is -0.329 e. The summed E-state index contributed by atoms with van der Waals surface area (Å²) >= 11 is 0. The van der Waals surface area contributed by atoms with Crippen LogP contribution < -0.4 is 0 Å². The zero-order valence-corrected chi connectivity index (χ0v) is 7.86. The number of carbonyl (C=O) groups excluding carboxylic acids is 1. The van der Waals surface area contributed by atoms with E-state index in [9.17, 15) is 4.79 Å². The van der Waals surface area contributed by atoms with Crippen molar-refractivity contribution in [1.29, 1.82) is 0 Å². The van der Waals surface area contributed by atoms with E-state index in [0.717, 1.165) is 5.56 Å². The molecule has 0 aliphatic carbocycles. The number of nitrogens with zero attached hydrogens (tertiary/aromatic N) is 1. The van der Waals surface area contributed by atoms with Gasteiger partial charge in [-0.2, -0.15) is 0 Å². The van der Waals surface area contributed by atoms with Crippen LogP contribution in [0.25, 0.3) is 0 Å². The number of hydrogen-bond donors (Lipinski definition) is 0. The Morgan fingerprint density at radius 1 is 1.36 bits per heavy atom. The second-order valence-corrected chi connectivity index (χ2v) is 3.30. The van der Waals surface area contributed by atoms with E-state index in [0.29, 0.717) is 18.7 Å². The van der Waals surface area contributed by atoms with Gasteiger partial charge in [0.15, 0.2) is 0 Å². The number of amides is 1. The number of likely N-dealkylation sites (tertiary alicyclic amines) is 1. The summed E-state index contributed by atoms with van der Waals surface area (Å²) in [6, 6.07) is 9.95. The van der Waals surface area contributed by atoms with E-state index < -0.39 is 0 Å². The van der Waals surface area contributed by atoms with E-state index in [4.69, 9.17) is 0 Å². The second-order valence-electron chi connectivity index (χ2n) is 3.30. The number of hydrogen-bond acceptors (Lipinski definition) is 1. The minimum atomic E-state index is 0.0591. The SMILES string of the molecule is C=C=C1CN(Cc2ccccc2)C1=O. The first kappa shape index (κ1) is 8.79. The highest BCUT2D eigenvalue weighted by atomic mass is 16.2. The molecule has 0 aromatic heterocycles.